The van der Waals surface area contributed by atoms with Gasteiger partial charge >= 0.3 is 0 Å². The molecule has 1 aromatic carbocycles. The molecule has 0 atom stereocenters. The van der Waals surface area contributed by atoms with Crippen molar-refractivity contribution in [3.63, 3.8) is 0 Å². The molecule has 22 heavy (non-hydrogen) atoms. The van der Waals surface area contributed by atoms with Crippen LogP contribution >= 0.6 is 0 Å². The predicted octanol–water partition coefficient (Wildman–Crippen LogP) is 1.55. The van der Waals surface area contributed by atoms with Crippen molar-refractivity contribution in [3.05, 3.63) is 29.8 Å². The van der Waals surface area contributed by atoms with E-state index < -0.39 is 5.60 Å². The fraction of sp³-hybridized carbons (Fsp3) is 0.588. The number of nitrogens with zero attached hydrogens (tertiary/aromatic N) is 1. The number of aliphatic hydroxyl groups is 1. The normalized spacial score (nSPS) is 16.5. The third-order valence-corrected chi connectivity index (χ3v) is 4.13. The first-order valence-electron chi connectivity index (χ1n) is 7.84. The highest BCUT2D eigenvalue weighted by Gasteiger charge is 2.30. The maximum atomic E-state index is 11.6. The second kappa shape index (κ2) is 7.61. The lowest BCUT2D eigenvalue weighted by atomic mass is 10.0. The van der Waals surface area contributed by atoms with Crippen LogP contribution < -0.4 is 10.1 Å². The summed E-state index contributed by atoms with van der Waals surface area (Å²) in [6.07, 6.45) is 3.94. The van der Waals surface area contributed by atoms with Gasteiger partial charge in [-0.1, -0.05) is 31.0 Å². The minimum Gasteiger partial charge on any atom is -0.483 e. The van der Waals surface area contributed by atoms with E-state index in [1.807, 2.05) is 24.3 Å². The molecule has 0 spiro atoms. The molecule has 122 valence electrons. The summed E-state index contributed by atoms with van der Waals surface area (Å²) < 4.78 is 5.61. The SMILES string of the molecule is CN(C)C(=O)COc1ccccc1CNCC1(O)CCCC1. The highest BCUT2D eigenvalue weighted by Crippen LogP contribution is 2.28. The quantitative estimate of drug-likeness (QED) is 0.802. The van der Waals surface area contributed by atoms with Crippen molar-refractivity contribution in [1.29, 1.82) is 0 Å². The standard InChI is InChI=1S/C17H26N2O3/c1-19(2)16(20)12-22-15-8-4-3-7-14(15)11-18-13-17(21)9-5-6-10-17/h3-4,7-8,18,21H,5-6,9-13H2,1-2H3. The van der Waals surface area contributed by atoms with E-state index in [4.69, 9.17) is 4.74 Å². The molecular weight excluding hydrogens is 280 g/mol. The number of hydrogen-bond donors (Lipinski definition) is 2. The molecule has 1 saturated carbocycles. The largest absolute Gasteiger partial charge is 0.483 e. The molecule has 0 unspecified atom stereocenters. The van der Waals surface area contributed by atoms with Gasteiger partial charge in [-0.25, -0.2) is 0 Å². The molecule has 5 nitrogen and oxygen atoms in total. The van der Waals surface area contributed by atoms with Crippen molar-refractivity contribution in [3.8, 4) is 5.75 Å². The number of amides is 1. The molecule has 1 fully saturated rings. The van der Waals surface area contributed by atoms with E-state index >= 15 is 0 Å². The summed E-state index contributed by atoms with van der Waals surface area (Å²) in [7, 11) is 3.42. The Morgan fingerprint density at radius 2 is 2.00 bits per heavy atom. The number of para-hydroxylation sites is 1. The van der Waals surface area contributed by atoms with Crippen LogP contribution in [0.25, 0.3) is 0 Å². The number of carbonyl (C=O) groups excluding carboxylic acids is 1. The average Bonchev–Trinajstić information content (AvgIpc) is 2.92. The Labute approximate surface area is 132 Å². The van der Waals surface area contributed by atoms with Gasteiger partial charge in [0.25, 0.3) is 5.91 Å². The van der Waals surface area contributed by atoms with Crippen LogP contribution in [0.5, 0.6) is 5.75 Å². The lowest BCUT2D eigenvalue weighted by Gasteiger charge is -2.23. The summed E-state index contributed by atoms with van der Waals surface area (Å²) in [5.41, 5.74) is 0.437. The van der Waals surface area contributed by atoms with Crippen LogP contribution in [0.1, 0.15) is 31.2 Å². The van der Waals surface area contributed by atoms with Gasteiger partial charge in [0.15, 0.2) is 6.61 Å². The molecule has 1 amide bonds. The smallest absolute Gasteiger partial charge is 0.259 e. The van der Waals surface area contributed by atoms with Gasteiger partial charge < -0.3 is 20.1 Å². The van der Waals surface area contributed by atoms with E-state index in [1.54, 1.807) is 14.1 Å². The fourth-order valence-corrected chi connectivity index (χ4v) is 2.70. The number of hydrogen-bond acceptors (Lipinski definition) is 4. The van der Waals surface area contributed by atoms with Gasteiger partial charge in [0, 0.05) is 32.7 Å². The van der Waals surface area contributed by atoms with Crippen LogP contribution in [0.3, 0.4) is 0 Å². The number of ether oxygens (including phenoxy) is 1. The van der Waals surface area contributed by atoms with Crippen molar-refractivity contribution >= 4 is 5.91 Å². The molecule has 1 aliphatic carbocycles. The Kier molecular flexibility index (Phi) is 5.80. The van der Waals surface area contributed by atoms with Gasteiger partial charge in [-0.3, -0.25) is 4.79 Å². The van der Waals surface area contributed by atoms with Crippen LogP contribution in [0, 0.1) is 0 Å². The van der Waals surface area contributed by atoms with E-state index in [-0.39, 0.29) is 12.5 Å². The van der Waals surface area contributed by atoms with Crippen molar-refractivity contribution in [2.24, 2.45) is 0 Å². The molecule has 5 heteroatoms. The van der Waals surface area contributed by atoms with Crippen LogP contribution in [-0.4, -0.2) is 48.8 Å². The van der Waals surface area contributed by atoms with Crippen molar-refractivity contribution in [2.75, 3.05) is 27.2 Å². The molecule has 0 bridgehead atoms. The zero-order chi connectivity index (χ0) is 16.0. The Hall–Kier alpha value is -1.59. The molecule has 1 aromatic rings. The van der Waals surface area contributed by atoms with E-state index in [1.165, 1.54) is 4.90 Å². The first-order chi connectivity index (χ1) is 10.5. The molecule has 0 radical (unpaired) electrons. The number of nitrogens with one attached hydrogen (secondary N) is 1. The summed E-state index contributed by atoms with van der Waals surface area (Å²) >= 11 is 0. The van der Waals surface area contributed by atoms with Crippen molar-refractivity contribution in [1.82, 2.24) is 10.2 Å². The number of carbonyl (C=O) groups is 1. The summed E-state index contributed by atoms with van der Waals surface area (Å²) in [6.45, 7) is 1.25. The fourth-order valence-electron chi connectivity index (χ4n) is 2.70. The Balaban J connectivity index is 1.86. The third-order valence-electron chi connectivity index (χ3n) is 4.13. The van der Waals surface area contributed by atoms with Gasteiger partial charge in [0.1, 0.15) is 5.75 Å². The van der Waals surface area contributed by atoms with Gasteiger partial charge in [0.05, 0.1) is 5.60 Å². The first kappa shape index (κ1) is 16.8. The molecular formula is C17H26N2O3. The second-order valence-electron chi connectivity index (χ2n) is 6.22. The Morgan fingerprint density at radius 1 is 1.32 bits per heavy atom. The molecule has 0 saturated heterocycles. The van der Waals surface area contributed by atoms with E-state index in [0.717, 1.165) is 31.2 Å². The van der Waals surface area contributed by atoms with Gasteiger partial charge in [-0.15, -0.1) is 0 Å². The second-order valence-corrected chi connectivity index (χ2v) is 6.22. The van der Waals surface area contributed by atoms with Crippen LogP contribution in [-0.2, 0) is 11.3 Å². The van der Waals surface area contributed by atoms with Crippen molar-refractivity contribution in [2.45, 2.75) is 37.8 Å². The van der Waals surface area contributed by atoms with E-state index in [0.29, 0.717) is 18.8 Å². The minimum atomic E-state index is -0.559. The molecule has 2 N–H and O–H groups in total. The molecule has 0 aliphatic heterocycles. The molecule has 0 heterocycles. The van der Waals surface area contributed by atoms with Crippen molar-refractivity contribution < 1.29 is 14.6 Å². The molecule has 0 aromatic heterocycles. The number of benzene rings is 1. The Morgan fingerprint density at radius 3 is 2.68 bits per heavy atom. The maximum absolute atomic E-state index is 11.6. The van der Waals surface area contributed by atoms with Gasteiger partial charge in [-0.2, -0.15) is 0 Å². The summed E-state index contributed by atoms with van der Waals surface area (Å²) in [5, 5.41) is 13.6. The number of rotatable bonds is 7. The van der Waals surface area contributed by atoms with Gasteiger partial charge in [-0.05, 0) is 18.9 Å². The van der Waals surface area contributed by atoms with E-state index in [9.17, 15) is 9.90 Å². The summed E-state index contributed by atoms with van der Waals surface area (Å²) in [6, 6.07) is 7.68. The third kappa shape index (κ3) is 4.71. The minimum absolute atomic E-state index is 0.0357. The topological polar surface area (TPSA) is 61.8 Å². The van der Waals surface area contributed by atoms with Crippen LogP contribution in [0.15, 0.2) is 24.3 Å². The molecule has 1 aliphatic rings. The zero-order valence-corrected chi connectivity index (χ0v) is 13.5. The Bertz CT molecular complexity index is 496. The van der Waals surface area contributed by atoms with E-state index in [2.05, 4.69) is 5.32 Å². The maximum Gasteiger partial charge on any atom is 0.259 e. The monoisotopic (exact) mass is 306 g/mol. The summed E-state index contributed by atoms with van der Waals surface area (Å²) in [4.78, 5) is 13.1. The predicted molar refractivity (Wildman–Crippen MR) is 85.8 cm³/mol. The average molecular weight is 306 g/mol. The van der Waals surface area contributed by atoms with Gasteiger partial charge in [0.2, 0.25) is 0 Å². The highest BCUT2D eigenvalue weighted by atomic mass is 16.5. The lowest BCUT2D eigenvalue weighted by molar-refractivity contribution is -0.130. The summed E-state index contributed by atoms with van der Waals surface area (Å²) in [5.74, 6) is 0.645. The van der Waals surface area contributed by atoms with Crippen LogP contribution in [0.2, 0.25) is 0 Å². The first-order valence-corrected chi connectivity index (χ1v) is 7.84. The lowest BCUT2D eigenvalue weighted by Crippen LogP contribution is -2.37. The van der Waals surface area contributed by atoms with Crippen LogP contribution in [0.4, 0.5) is 0 Å². The highest BCUT2D eigenvalue weighted by molar-refractivity contribution is 5.77. The zero-order valence-electron chi connectivity index (χ0n) is 13.5. The number of likely N-dealkylation sites (N-methyl/N-ethyl adjacent to an activating group) is 1. The molecule has 2 rings (SSSR count).